The van der Waals surface area contributed by atoms with Crippen molar-refractivity contribution in [1.82, 2.24) is 34.8 Å². The molecule has 0 fully saturated rings. The van der Waals surface area contributed by atoms with E-state index in [1.54, 1.807) is 19.9 Å². The third kappa shape index (κ3) is 7.06. The summed E-state index contributed by atoms with van der Waals surface area (Å²) in [6, 6.07) is 6.95. The molecule has 3 aromatic heterocycles. The number of methoxy groups -OCH3 is 1. The number of hydrazine groups is 1. The van der Waals surface area contributed by atoms with Crippen LogP contribution in [-0.2, 0) is 23.6 Å². The average molecular weight is 673 g/mol. The molecule has 0 bridgehead atoms. The topological polar surface area (TPSA) is 136 Å². The van der Waals surface area contributed by atoms with Crippen LogP contribution in [-0.4, -0.2) is 61.4 Å². The van der Waals surface area contributed by atoms with E-state index >= 15 is 0 Å². The SMILES string of the molecule is COC(=O)N(C)NC(=O)c1cc(C)cc(C)c1NC(=O)c1cc(Cn2cnc(C(F)(F)F)c2C(F)(F)F)nn1-c1ncccc1Cl. The quantitative estimate of drug-likeness (QED) is 0.206. The number of aryl methyl sites for hydroxylation is 2. The Balaban J connectivity index is 1.79. The summed E-state index contributed by atoms with van der Waals surface area (Å²) in [7, 11) is 2.33. The molecular formula is C27H23ClF6N8O4. The van der Waals surface area contributed by atoms with Crippen LogP contribution in [0.4, 0.5) is 36.8 Å². The number of alkyl halides is 6. The fourth-order valence-electron chi connectivity index (χ4n) is 4.43. The summed E-state index contributed by atoms with van der Waals surface area (Å²) in [6.07, 6.45) is -10.1. The summed E-state index contributed by atoms with van der Waals surface area (Å²) in [5, 5.41) is 7.45. The van der Waals surface area contributed by atoms with Gasteiger partial charge in [-0.05, 0) is 49.2 Å². The first-order valence-electron chi connectivity index (χ1n) is 12.9. The maximum atomic E-state index is 13.7. The second kappa shape index (κ2) is 12.7. The number of aromatic nitrogens is 5. The summed E-state index contributed by atoms with van der Waals surface area (Å²) in [5.74, 6) is -1.88. The van der Waals surface area contributed by atoms with E-state index in [2.05, 4.69) is 30.5 Å². The number of halogens is 7. The lowest BCUT2D eigenvalue weighted by atomic mass is 10.0. The van der Waals surface area contributed by atoms with E-state index < -0.39 is 48.2 Å². The predicted octanol–water partition coefficient (Wildman–Crippen LogP) is 5.42. The highest BCUT2D eigenvalue weighted by Gasteiger charge is 2.47. The number of carbonyl (C=O) groups is 3. The van der Waals surface area contributed by atoms with Gasteiger partial charge in [0.25, 0.3) is 11.8 Å². The second-order valence-corrected chi connectivity index (χ2v) is 10.1. The van der Waals surface area contributed by atoms with Crippen molar-refractivity contribution in [3.05, 3.63) is 87.3 Å². The highest BCUT2D eigenvalue weighted by molar-refractivity contribution is 6.32. The minimum Gasteiger partial charge on any atom is -0.452 e. The van der Waals surface area contributed by atoms with Gasteiger partial charge in [-0.1, -0.05) is 17.7 Å². The average Bonchev–Trinajstić information content (AvgIpc) is 3.59. The highest BCUT2D eigenvalue weighted by atomic mass is 35.5. The normalized spacial score (nSPS) is 11.7. The molecule has 0 unspecified atom stereocenters. The summed E-state index contributed by atoms with van der Waals surface area (Å²) in [4.78, 5) is 45.6. The van der Waals surface area contributed by atoms with Crippen LogP contribution in [0.5, 0.6) is 0 Å². The number of carbonyl (C=O) groups excluding carboxylic acids is 3. The maximum absolute atomic E-state index is 13.7. The third-order valence-electron chi connectivity index (χ3n) is 6.32. The first-order chi connectivity index (χ1) is 21.4. The molecule has 3 amide bonds. The van der Waals surface area contributed by atoms with Crippen LogP contribution in [0.15, 0.2) is 42.9 Å². The van der Waals surface area contributed by atoms with Gasteiger partial charge in [-0.15, -0.1) is 0 Å². The molecule has 4 rings (SSSR count). The Bertz CT molecular complexity index is 1820. The standard InChI is InChI=1S/C27H23ClF6N8O4/c1-13-8-14(2)19(16(9-13)23(43)39-40(3)25(45)46-4)37-24(44)18-10-15(38-42(18)22-17(28)6-5-7-35-22)11-41-12-36-20(26(29,30)31)21(41)27(32,33)34/h5-10,12H,11H2,1-4H3,(H,37,44)(H,39,43). The molecule has 0 aliphatic heterocycles. The molecule has 0 aliphatic rings. The van der Waals surface area contributed by atoms with Crippen LogP contribution < -0.4 is 10.7 Å². The van der Waals surface area contributed by atoms with Crippen molar-refractivity contribution < 1.29 is 45.5 Å². The number of hydrogen-bond acceptors (Lipinski definition) is 7. The number of rotatable bonds is 6. The third-order valence-corrected chi connectivity index (χ3v) is 6.62. The molecule has 1 aromatic carbocycles. The number of amides is 3. The zero-order chi connectivity index (χ0) is 34.1. The molecule has 0 saturated carbocycles. The molecule has 244 valence electrons. The van der Waals surface area contributed by atoms with Crippen molar-refractivity contribution in [3.8, 4) is 5.82 Å². The van der Waals surface area contributed by atoms with Crippen LogP contribution in [0.1, 0.15) is 49.1 Å². The molecule has 0 atom stereocenters. The van der Waals surface area contributed by atoms with Crippen molar-refractivity contribution in [2.45, 2.75) is 32.7 Å². The van der Waals surface area contributed by atoms with Crippen molar-refractivity contribution in [1.29, 1.82) is 0 Å². The zero-order valence-electron chi connectivity index (χ0n) is 24.2. The number of nitrogens with zero attached hydrogens (tertiary/aromatic N) is 6. The van der Waals surface area contributed by atoms with Crippen LogP contribution in [0, 0.1) is 13.8 Å². The minimum absolute atomic E-state index is 0.00318. The van der Waals surface area contributed by atoms with Gasteiger partial charge >= 0.3 is 18.4 Å². The Morgan fingerprint density at radius 3 is 2.33 bits per heavy atom. The summed E-state index contributed by atoms with van der Waals surface area (Å²) in [6.45, 7) is 2.38. The fourth-order valence-corrected chi connectivity index (χ4v) is 4.63. The molecule has 46 heavy (non-hydrogen) atoms. The van der Waals surface area contributed by atoms with Gasteiger partial charge < -0.3 is 14.6 Å². The number of pyridine rings is 1. The Labute approximate surface area is 260 Å². The van der Waals surface area contributed by atoms with Crippen LogP contribution in [0.25, 0.3) is 5.82 Å². The zero-order valence-corrected chi connectivity index (χ0v) is 25.0. The largest absolute Gasteiger partial charge is 0.452 e. The van der Waals surface area contributed by atoms with E-state index in [1.807, 2.05) is 0 Å². The second-order valence-electron chi connectivity index (χ2n) is 9.74. The molecule has 12 nitrogen and oxygen atoms in total. The van der Waals surface area contributed by atoms with E-state index in [1.165, 1.54) is 31.4 Å². The highest BCUT2D eigenvalue weighted by Crippen LogP contribution is 2.39. The fraction of sp³-hybridized carbons (Fsp3) is 0.259. The van der Waals surface area contributed by atoms with Gasteiger partial charge in [0.15, 0.2) is 17.2 Å². The van der Waals surface area contributed by atoms with Gasteiger partial charge in [-0.2, -0.15) is 31.4 Å². The number of nitrogens with one attached hydrogen (secondary N) is 2. The van der Waals surface area contributed by atoms with E-state index in [-0.39, 0.29) is 38.0 Å². The van der Waals surface area contributed by atoms with Gasteiger partial charge in [-0.25, -0.2) is 24.5 Å². The molecule has 2 N–H and O–H groups in total. The Kier molecular flexibility index (Phi) is 9.32. The van der Waals surface area contributed by atoms with Gasteiger partial charge in [0.05, 0.1) is 41.9 Å². The number of benzene rings is 1. The van der Waals surface area contributed by atoms with Gasteiger partial charge in [0.2, 0.25) is 0 Å². The molecule has 0 aliphatic carbocycles. The summed E-state index contributed by atoms with van der Waals surface area (Å²) < 4.78 is 86.8. The smallest absolute Gasteiger partial charge is 0.435 e. The molecule has 0 radical (unpaired) electrons. The molecule has 0 spiro atoms. The van der Waals surface area contributed by atoms with Crippen LogP contribution in [0.3, 0.4) is 0 Å². The Hall–Kier alpha value is -5.13. The van der Waals surface area contributed by atoms with Gasteiger partial charge in [-0.3, -0.25) is 15.0 Å². The van der Waals surface area contributed by atoms with Gasteiger partial charge in [0, 0.05) is 13.2 Å². The Morgan fingerprint density at radius 1 is 1.02 bits per heavy atom. The lowest BCUT2D eigenvalue weighted by molar-refractivity contribution is -0.167. The first kappa shape index (κ1) is 33.8. The number of hydrogen-bond donors (Lipinski definition) is 2. The lowest BCUT2D eigenvalue weighted by Gasteiger charge is -2.19. The van der Waals surface area contributed by atoms with E-state index in [0.717, 1.165) is 22.9 Å². The van der Waals surface area contributed by atoms with Crippen molar-refractivity contribution in [3.63, 3.8) is 0 Å². The number of imidazole rings is 1. The lowest BCUT2D eigenvalue weighted by Crippen LogP contribution is -2.43. The number of ether oxygens (including phenoxy) is 1. The monoisotopic (exact) mass is 672 g/mol. The first-order valence-corrected chi connectivity index (χ1v) is 13.2. The van der Waals surface area contributed by atoms with E-state index in [0.29, 0.717) is 17.5 Å². The number of anilines is 1. The summed E-state index contributed by atoms with van der Waals surface area (Å²) in [5.41, 5.74) is -1.57. The van der Waals surface area contributed by atoms with Crippen LogP contribution >= 0.6 is 11.6 Å². The van der Waals surface area contributed by atoms with Crippen LogP contribution in [0.2, 0.25) is 5.02 Å². The van der Waals surface area contributed by atoms with Crippen molar-refractivity contribution >= 4 is 35.2 Å². The van der Waals surface area contributed by atoms with Crippen molar-refractivity contribution in [2.75, 3.05) is 19.5 Å². The summed E-state index contributed by atoms with van der Waals surface area (Å²) >= 11 is 6.26. The molecule has 19 heteroatoms. The van der Waals surface area contributed by atoms with E-state index in [9.17, 15) is 40.7 Å². The van der Waals surface area contributed by atoms with Crippen molar-refractivity contribution in [2.24, 2.45) is 0 Å². The molecule has 0 saturated heterocycles. The van der Waals surface area contributed by atoms with Gasteiger partial charge in [0.1, 0.15) is 5.69 Å². The maximum Gasteiger partial charge on any atom is 0.435 e. The molecule has 3 heterocycles. The molecular weight excluding hydrogens is 650 g/mol. The molecule has 4 aromatic rings. The Morgan fingerprint density at radius 2 is 1.72 bits per heavy atom. The minimum atomic E-state index is -5.43. The van der Waals surface area contributed by atoms with E-state index in [4.69, 9.17) is 11.6 Å². The predicted molar refractivity (Wildman–Crippen MR) is 149 cm³/mol.